The van der Waals surface area contributed by atoms with Gasteiger partial charge in [-0.2, -0.15) is 0 Å². The van der Waals surface area contributed by atoms with E-state index in [0.717, 1.165) is 35.5 Å². The smallest absolute Gasteiger partial charge is 0.118 e. The van der Waals surface area contributed by atoms with E-state index in [1.807, 2.05) is 55.5 Å². The maximum Gasteiger partial charge on any atom is 0.118 e. The lowest BCUT2D eigenvalue weighted by molar-refractivity contribution is -0.0348. The SMILES string of the molecule is COc1ccc(C(O)CN2CCC(O)(c3ccccc3C)CC2)cc1. The van der Waals surface area contributed by atoms with Crippen molar-refractivity contribution in [2.45, 2.75) is 31.5 Å². The molecule has 0 aromatic heterocycles. The van der Waals surface area contributed by atoms with E-state index in [1.165, 1.54) is 0 Å². The summed E-state index contributed by atoms with van der Waals surface area (Å²) in [6.07, 6.45) is 0.843. The number of hydrogen-bond acceptors (Lipinski definition) is 4. The molecule has 1 unspecified atom stereocenters. The average molecular weight is 341 g/mol. The van der Waals surface area contributed by atoms with Gasteiger partial charge in [-0.15, -0.1) is 0 Å². The first kappa shape index (κ1) is 17.9. The van der Waals surface area contributed by atoms with Gasteiger partial charge in [0.05, 0.1) is 18.8 Å². The predicted molar refractivity (Wildman–Crippen MR) is 98.7 cm³/mol. The molecule has 0 spiro atoms. The number of piperidine rings is 1. The number of likely N-dealkylation sites (tertiary alicyclic amines) is 1. The highest BCUT2D eigenvalue weighted by molar-refractivity contribution is 5.32. The lowest BCUT2D eigenvalue weighted by atomic mass is 9.82. The van der Waals surface area contributed by atoms with Crippen molar-refractivity contribution in [3.63, 3.8) is 0 Å². The number of nitrogens with zero attached hydrogens (tertiary/aromatic N) is 1. The number of aryl methyl sites for hydroxylation is 1. The summed E-state index contributed by atoms with van der Waals surface area (Å²) in [6, 6.07) is 15.6. The summed E-state index contributed by atoms with van der Waals surface area (Å²) in [5.41, 5.74) is 2.30. The Morgan fingerprint density at radius 1 is 1.08 bits per heavy atom. The molecule has 2 aromatic carbocycles. The second kappa shape index (κ2) is 7.56. The Hall–Kier alpha value is -1.88. The van der Waals surface area contributed by atoms with Crippen LogP contribution in [0.2, 0.25) is 0 Å². The number of rotatable bonds is 5. The van der Waals surface area contributed by atoms with Crippen molar-refractivity contribution in [1.82, 2.24) is 4.90 Å². The van der Waals surface area contributed by atoms with Crippen LogP contribution in [0.4, 0.5) is 0 Å². The van der Waals surface area contributed by atoms with E-state index < -0.39 is 11.7 Å². The van der Waals surface area contributed by atoms with Crippen LogP contribution in [0.15, 0.2) is 48.5 Å². The molecule has 134 valence electrons. The fourth-order valence-corrected chi connectivity index (χ4v) is 3.65. The molecular weight excluding hydrogens is 314 g/mol. The molecule has 3 rings (SSSR count). The van der Waals surface area contributed by atoms with Crippen LogP contribution in [0.5, 0.6) is 5.75 Å². The number of aliphatic hydroxyl groups excluding tert-OH is 1. The van der Waals surface area contributed by atoms with E-state index in [0.29, 0.717) is 19.4 Å². The van der Waals surface area contributed by atoms with E-state index in [2.05, 4.69) is 4.90 Å². The standard InChI is InChI=1S/C21H27NO3/c1-16-5-3-4-6-19(16)21(24)11-13-22(14-12-21)15-20(23)17-7-9-18(25-2)10-8-17/h3-10,20,23-24H,11-15H2,1-2H3. The summed E-state index contributed by atoms with van der Waals surface area (Å²) in [5.74, 6) is 0.789. The molecular formula is C21H27NO3. The highest BCUT2D eigenvalue weighted by atomic mass is 16.5. The third-order valence-electron chi connectivity index (χ3n) is 5.26. The van der Waals surface area contributed by atoms with E-state index in [9.17, 15) is 10.2 Å². The second-order valence-corrected chi connectivity index (χ2v) is 6.94. The van der Waals surface area contributed by atoms with Crippen molar-refractivity contribution in [3.05, 3.63) is 65.2 Å². The molecule has 0 radical (unpaired) electrons. The first-order valence-corrected chi connectivity index (χ1v) is 8.85. The summed E-state index contributed by atoms with van der Waals surface area (Å²) in [4.78, 5) is 2.22. The zero-order valence-electron chi connectivity index (χ0n) is 15.0. The lowest BCUT2D eigenvalue weighted by Gasteiger charge is -2.39. The monoisotopic (exact) mass is 341 g/mol. The Morgan fingerprint density at radius 3 is 2.32 bits per heavy atom. The average Bonchev–Trinajstić information content (AvgIpc) is 2.64. The molecule has 1 heterocycles. The third-order valence-corrected chi connectivity index (χ3v) is 5.26. The largest absolute Gasteiger partial charge is 0.497 e. The van der Waals surface area contributed by atoms with Crippen molar-refractivity contribution < 1.29 is 14.9 Å². The van der Waals surface area contributed by atoms with Crippen LogP contribution in [0.25, 0.3) is 0 Å². The van der Waals surface area contributed by atoms with E-state index in [4.69, 9.17) is 4.74 Å². The summed E-state index contributed by atoms with van der Waals surface area (Å²) in [7, 11) is 1.63. The summed E-state index contributed by atoms with van der Waals surface area (Å²) in [5, 5.41) is 21.5. The van der Waals surface area contributed by atoms with E-state index >= 15 is 0 Å². The molecule has 25 heavy (non-hydrogen) atoms. The molecule has 1 aliphatic heterocycles. The van der Waals surface area contributed by atoms with Gasteiger partial charge in [0, 0.05) is 19.6 Å². The number of aliphatic hydroxyl groups is 2. The molecule has 2 aromatic rings. The number of hydrogen-bond donors (Lipinski definition) is 2. The third kappa shape index (κ3) is 4.03. The fraction of sp³-hybridized carbons (Fsp3) is 0.429. The summed E-state index contributed by atoms with van der Waals surface area (Å²) in [6.45, 7) is 4.18. The molecule has 0 amide bonds. The predicted octanol–water partition coefficient (Wildman–Crippen LogP) is 3.02. The normalized spacial score (nSPS) is 18.7. The minimum absolute atomic E-state index is 0.532. The Labute approximate surface area is 149 Å². The molecule has 2 N–H and O–H groups in total. The summed E-state index contributed by atoms with van der Waals surface area (Å²) < 4.78 is 5.15. The van der Waals surface area contributed by atoms with Gasteiger partial charge in [0.2, 0.25) is 0 Å². The van der Waals surface area contributed by atoms with Gasteiger partial charge in [-0.1, -0.05) is 36.4 Å². The molecule has 1 atom stereocenters. The van der Waals surface area contributed by atoms with Gasteiger partial charge in [-0.3, -0.25) is 0 Å². The lowest BCUT2D eigenvalue weighted by Crippen LogP contribution is -2.44. The van der Waals surface area contributed by atoms with Crippen molar-refractivity contribution >= 4 is 0 Å². The van der Waals surface area contributed by atoms with Crippen molar-refractivity contribution in [1.29, 1.82) is 0 Å². The quantitative estimate of drug-likeness (QED) is 0.878. The Balaban J connectivity index is 1.59. The van der Waals surface area contributed by atoms with E-state index in [-0.39, 0.29) is 0 Å². The first-order valence-electron chi connectivity index (χ1n) is 8.85. The maximum atomic E-state index is 11.0. The highest BCUT2D eigenvalue weighted by Gasteiger charge is 2.35. The number of ether oxygens (including phenoxy) is 1. The zero-order valence-corrected chi connectivity index (χ0v) is 15.0. The van der Waals surface area contributed by atoms with Gasteiger partial charge in [-0.25, -0.2) is 0 Å². The van der Waals surface area contributed by atoms with Crippen LogP contribution in [0.3, 0.4) is 0 Å². The van der Waals surface area contributed by atoms with Gasteiger partial charge < -0.3 is 19.8 Å². The van der Waals surface area contributed by atoms with Crippen LogP contribution < -0.4 is 4.74 Å². The fourth-order valence-electron chi connectivity index (χ4n) is 3.65. The Bertz CT molecular complexity index is 691. The second-order valence-electron chi connectivity index (χ2n) is 6.94. The molecule has 4 nitrogen and oxygen atoms in total. The van der Waals surface area contributed by atoms with Crippen LogP contribution >= 0.6 is 0 Å². The first-order chi connectivity index (χ1) is 12.0. The molecule has 1 aliphatic rings. The molecule has 0 aliphatic carbocycles. The van der Waals surface area contributed by atoms with Gasteiger partial charge in [0.15, 0.2) is 0 Å². The zero-order chi connectivity index (χ0) is 17.9. The topological polar surface area (TPSA) is 52.9 Å². The minimum Gasteiger partial charge on any atom is -0.497 e. The van der Waals surface area contributed by atoms with Crippen molar-refractivity contribution in [2.75, 3.05) is 26.7 Å². The van der Waals surface area contributed by atoms with Crippen LogP contribution in [-0.4, -0.2) is 41.9 Å². The highest BCUT2D eigenvalue weighted by Crippen LogP contribution is 2.35. The number of benzene rings is 2. The van der Waals surface area contributed by atoms with Gasteiger partial charge in [0.25, 0.3) is 0 Å². The summed E-state index contributed by atoms with van der Waals surface area (Å²) >= 11 is 0. The van der Waals surface area contributed by atoms with Crippen LogP contribution in [0.1, 0.15) is 35.6 Å². The van der Waals surface area contributed by atoms with Crippen LogP contribution in [0, 0.1) is 6.92 Å². The van der Waals surface area contributed by atoms with Crippen molar-refractivity contribution in [2.24, 2.45) is 0 Å². The Kier molecular flexibility index (Phi) is 5.42. The number of β-amino-alcohol motifs (C(OH)–C–C–N with tert-alkyl or cyclic N) is 1. The van der Waals surface area contributed by atoms with Gasteiger partial charge in [-0.05, 0) is 48.6 Å². The molecule has 1 saturated heterocycles. The number of methoxy groups -OCH3 is 1. The molecule has 0 bridgehead atoms. The Morgan fingerprint density at radius 2 is 1.72 bits per heavy atom. The van der Waals surface area contributed by atoms with Gasteiger partial charge in [0.1, 0.15) is 5.75 Å². The van der Waals surface area contributed by atoms with Gasteiger partial charge >= 0.3 is 0 Å². The molecule has 1 fully saturated rings. The molecule has 4 heteroatoms. The van der Waals surface area contributed by atoms with Crippen molar-refractivity contribution in [3.8, 4) is 5.75 Å². The van der Waals surface area contributed by atoms with Crippen LogP contribution in [-0.2, 0) is 5.60 Å². The minimum atomic E-state index is -0.757. The maximum absolute atomic E-state index is 11.0. The van der Waals surface area contributed by atoms with E-state index in [1.54, 1.807) is 7.11 Å². The molecule has 0 saturated carbocycles.